The number of ketones is 1. The van der Waals surface area contributed by atoms with Gasteiger partial charge in [0.05, 0.1) is 12.3 Å². The molecule has 4 nitrogen and oxygen atoms in total. The summed E-state index contributed by atoms with van der Waals surface area (Å²) < 4.78 is 0. The van der Waals surface area contributed by atoms with Crippen LogP contribution in [0.5, 0.6) is 0 Å². The van der Waals surface area contributed by atoms with E-state index in [1.165, 1.54) is 5.56 Å². The van der Waals surface area contributed by atoms with Gasteiger partial charge in [0.25, 0.3) is 0 Å². The summed E-state index contributed by atoms with van der Waals surface area (Å²) in [4.78, 5) is 24.9. The Hall–Kier alpha value is -2.02. The number of aryl methyl sites for hydroxylation is 2. The maximum atomic E-state index is 12.3. The fourth-order valence-corrected chi connectivity index (χ4v) is 4.06. The van der Waals surface area contributed by atoms with Gasteiger partial charge in [-0.2, -0.15) is 0 Å². The van der Waals surface area contributed by atoms with E-state index in [1.807, 2.05) is 26.8 Å². The number of nitrogens with zero attached hydrogens (tertiary/aromatic N) is 3. The molecular formula is C17H19N3O. The molecule has 0 saturated heterocycles. The summed E-state index contributed by atoms with van der Waals surface area (Å²) in [6.07, 6.45) is 3.73. The third kappa shape index (κ3) is 1.84. The second-order valence-corrected chi connectivity index (χ2v) is 6.41. The average Bonchev–Trinajstić information content (AvgIpc) is 2.43. The van der Waals surface area contributed by atoms with Gasteiger partial charge >= 0.3 is 0 Å². The monoisotopic (exact) mass is 281 g/mol. The quantitative estimate of drug-likeness (QED) is 0.687. The lowest BCUT2D eigenvalue weighted by Crippen LogP contribution is -2.46. The van der Waals surface area contributed by atoms with Crippen LogP contribution < -0.4 is 0 Å². The van der Waals surface area contributed by atoms with Gasteiger partial charge in [0, 0.05) is 17.0 Å². The molecule has 0 amide bonds. The van der Waals surface area contributed by atoms with Crippen molar-refractivity contribution >= 4 is 5.78 Å². The molecule has 0 spiro atoms. The molecule has 0 unspecified atom stereocenters. The Labute approximate surface area is 125 Å². The lowest BCUT2D eigenvalue weighted by Gasteiger charge is -2.46. The second kappa shape index (κ2) is 4.49. The molecule has 1 aromatic rings. The largest absolute Gasteiger partial charge is 0.308 e. The average molecular weight is 281 g/mol. The van der Waals surface area contributed by atoms with Crippen LogP contribution >= 0.6 is 0 Å². The molecule has 1 aromatic heterocycles. The number of carbonyl (C=O) groups excluding carboxylic acids is 1. The molecule has 0 fully saturated rings. The van der Waals surface area contributed by atoms with Gasteiger partial charge < -0.3 is 4.79 Å². The fourth-order valence-electron chi connectivity index (χ4n) is 4.06. The molecular weight excluding hydrogens is 262 g/mol. The zero-order valence-corrected chi connectivity index (χ0v) is 12.9. The Bertz CT molecular complexity index is 713. The predicted octanol–water partition coefficient (Wildman–Crippen LogP) is 2.94. The number of carbonyl (C=O) groups is 1. The number of hydrogen-bond donors (Lipinski definition) is 0. The third-order valence-electron chi connectivity index (χ3n) is 5.14. The van der Waals surface area contributed by atoms with Crippen LogP contribution in [0.25, 0.3) is 4.85 Å². The molecule has 0 aliphatic heterocycles. The van der Waals surface area contributed by atoms with Crippen LogP contribution in [0.3, 0.4) is 0 Å². The lowest BCUT2D eigenvalue weighted by atomic mass is 9.58. The molecule has 108 valence electrons. The van der Waals surface area contributed by atoms with Gasteiger partial charge in [-0.25, -0.2) is 14.8 Å². The summed E-state index contributed by atoms with van der Waals surface area (Å²) in [5.41, 5.74) is 3.17. The van der Waals surface area contributed by atoms with Crippen molar-refractivity contribution < 1.29 is 4.79 Å². The zero-order chi connectivity index (χ0) is 15.4. The molecule has 4 heteroatoms. The highest BCUT2D eigenvalue weighted by molar-refractivity contribution is 6.00. The van der Waals surface area contributed by atoms with E-state index in [2.05, 4.69) is 21.7 Å². The van der Waals surface area contributed by atoms with Gasteiger partial charge in [-0.05, 0) is 38.2 Å². The molecule has 2 aliphatic rings. The number of fused-ring (bicyclic) bond motifs is 3. The highest BCUT2D eigenvalue weighted by Gasteiger charge is 2.49. The first-order valence-corrected chi connectivity index (χ1v) is 7.37. The first-order valence-electron chi connectivity index (χ1n) is 7.37. The van der Waals surface area contributed by atoms with E-state index >= 15 is 0 Å². The van der Waals surface area contributed by atoms with Crippen LogP contribution in [0.4, 0.5) is 0 Å². The van der Waals surface area contributed by atoms with E-state index in [0.717, 1.165) is 30.1 Å². The van der Waals surface area contributed by atoms with Crippen molar-refractivity contribution in [2.24, 2.45) is 11.8 Å². The molecule has 0 saturated carbocycles. The van der Waals surface area contributed by atoms with Crippen LogP contribution in [0.2, 0.25) is 0 Å². The summed E-state index contributed by atoms with van der Waals surface area (Å²) in [5, 5.41) is 0. The van der Waals surface area contributed by atoms with Gasteiger partial charge in [0.15, 0.2) is 5.78 Å². The van der Waals surface area contributed by atoms with Crippen molar-refractivity contribution in [1.29, 1.82) is 0 Å². The Morgan fingerprint density at radius 1 is 1.38 bits per heavy atom. The summed E-state index contributed by atoms with van der Waals surface area (Å²) in [6, 6.07) is 0. The van der Waals surface area contributed by atoms with E-state index in [-0.39, 0.29) is 28.7 Å². The zero-order valence-electron chi connectivity index (χ0n) is 12.9. The van der Waals surface area contributed by atoms with Gasteiger partial charge in [-0.1, -0.05) is 19.9 Å². The first kappa shape index (κ1) is 13.9. The van der Waals surface area contributed by atoms with E-state index in [9.17, 15) is 4.79 Å². The molecule has 3 atom stereocenters. The van der Waals surface area contributed by atoms with Crippen LogP contribution in [0.1, 0.15) is 43.0 Å². The lowest BCUT2D eigenvalue weighted by molar-refractivity contribution is -0.121. The van der Waals surface area contributed by atoms with Gasteiger partial charge in [-0.15, -0.1) is 0 Å². The predicted molar refractivity (Wildman–Crippen MR) is 79.5 cm³/mol. The van der Waals surface area contributed by atoms with Crippen molar-refractivity contribution in [2.45, 2.75) is 46.0 Å². The summed E-state index contributed by atoms with van der Waals surface area (Å²) in [7, 11) is 0. The number of allylic oxidation sites excluding steroid dienone is 2. The van der Waals surface area contributed by atoms with Crippen LogP contribution in [-0.4, -0.2) is 15.8 Å². The van der Waals surface area contributed by atoms with Crippen molar-refractivity contribution in [3.63, 3.8) is 0 Å². The van der Waals surface area contributed by atoms with Gasteiger partial charge in [0.1, 0.15) is 5.82 Å². The SMILES string of the molecule is [C-]#[N+]C1=C[C@]2(C)c3nc(C)nc(C)c3CC[C@H]2[C@H](C)C1=O. The summed E-state index contributed by atoms with van der Waals surface area (Å²) in [6.45, 7) is 15.3. The van der Waals surface area contributed by atoms with Crippen molar-refractivity contribution in [1.82, 2.24) is 9.97 Å². The third-order valence-corrected chi connectivity index (χ3v) is 5.14. The molecule has 2 aliphatic carbocycles. The molecule has 0 N–H and O–H groups in total. The molecule has 0 radical (unpaired) electrons. The Kier molecular flexibility index (Phi) is 2.98. The normalized spacial score (nSPS) is 31.0. The molecule has 3 rings (SSSR count). The number of hydrogen-bond acceptors (Lipinski definition) is 3. The standard InChI is InChI=1S/C17H19N3O/c1-9-13-7-6-12-10(2)19-11(3)20-16(12)17(13,4)8-14(18-5)15(9)21/h8-9,13H,6-7H2,1-4H3/t9-,13-,17-/m0/s1. The van der Waals surface area contributed by atoms with Crippen LogP contribution in [0, 0.1) is 32.3 Å². The van der Waals surface area contributed by atoms with Crippen LogP contribution in [0.15, 0.2) is 11.8 Å². The van der Waals surface area contributed by atoms with Crippen molar-refractivity contribution in [3.8, 4) is 0 Å². The van der Waals surface area contributed by atoms with E-state index in [4.69, 9.17) is 6.57 Å². The highest BCUT2D eigenvalue weighted by Crippen LogP contribution is 2.49. The Balaban J connectivity index is 2.29. The second-order valence-electron chi connectivity index (χ2n) is 6.41. The first-order chi connectivity index (χ1) is 9.88. The van der Waals surface area contributed by atoms with Gasteiger partial charge in [-0.3, -0.25) is 0 Å². The Morgan fingerprint density at radius 3 is 2.76 bits per heavy atom. The molecule has 21 heavy (non-hydrogen) atoms. The topological polar surface area (TPSA) is 47.2 Å². The smallest absolute Gasteiger partial charge is 0.226 e. The summed E-state index contributed by atoms with van der Waals surface area (Å²) in [5.74, 6) is 0.846. The van der Waals surface area contributed by atoms with Gasteiger partial charge in [0.2, 0.25) is 5.70 Å². The molecule has 1 heterocycles. The van der Waals surface area contributed by atoms with E-state index in [0.29, 0.717) is 0 Å². The highest BCUT2D eigenvalue weighted by atomic mass is 16.1. The van der Waals surface area contributed by atoms with Crippen LogP contribution in [-0.2, 0) is 16.6 Å². The maximum Gasteiger partial charge on any atom is 0.226 e. The maximum absolute atomic E-state index is 12.3. The minimum Gasteiger partial charge on any atom is -0.308 e. The summed E-state index contributed by atoms with van der Waals surface area (Å²) >= 11 is 0. The van der Waals surface area contributed by atoms with Crippen molar-refractivity contribution in [3.05, 3.63) is 46.0 Å². The molecule has 0 bridgehead atoms. The number of Topliss-reactive ketones (excluding diaryl/α,β-unsaturated/α-hetero) is 1. The van der Waals surface area contributed by atoms with Crippen molar-refractivity contribution in [2.75, 3.05) is 0 Å². The minimum absolute atomic E-state index is 0.0153. The Morgan fingerprint density at radius 2 is 2.10 bits per heavy atom. The van der Waals surface area contributed by atoms with E-state index < -0.39 is 0 Å². The number of aromatic nitrogens is 2. The molecule has 0 aromatic carbocycles. The fraction of sp³-hybridized carbons (Fsp3) is 0.529. The van der Waals surface area contributed by atoms with E-state index in [1.54, 1.807) is 0 Å². The number of rotatable bonds is 0. The minimum atomic E-state index is -0.334.